The predicted octanol–water partition coefficient (Wildman–Crippen LogP) is 3.52. The first-order valence-electron chi connectivity index (χ1n) is 5.00. The Hall–Kier alpha value is -1.55. The first-order chi connectivity index (χ1) is 8.08. The Bertz CT molecular complexity index is 566. The molecule has 0 aliphatic carbocycles. The Kier molecular flexibility index (Phi) is 3.33. The molecule has 0 bridgehead atoms. The van der Waals surface area contributed by atoms with Crippen LogP contribution in [0.2, 0.25) is 0 Å². The largest absolute Gasteiger partial charge is 0.289 e. The van der Waals surface area contributed by atoms with Gasteiger partial charge in [-0.3, -0.25) is 9.78 Å². The van der Waals surface area contributed by atoms with Gasteiger partial charge in [0.2, 0.25) is 0 Å². The smallest absolute Gasteiger partial charge is 0.195 e. The second-order valence-electron chi connectivity index (χ2n) is 3.64. The lowest BCUT2D eigenvalue weighted by atomic mass is 10.0. The number of halogens is 2. The van der Waals surface area contributed by atoms with Gasteiger partial charge in [0.15, 0.2) is 5.78 Å². The van der Waals surface area contributed by atoms with Crippen LogP contribution in [0.4, 0.5) is 4.39 Å². The highest BCUT2D eigenvalue weighted by Gasteiger charge is 2.13. The van der Waals surface area contributed by atoms with Gasteiger partial charge in [-0.1, -0.05) is 15.9 Å². The average molecular weight is 294 g/mol. The van der Waals surface area contributed by atoms with Gasteiger partial charge in [-0.25, -0.2) is 4.39 Å². The van der Waals surface area contributed by atoms with E-state index in [4.69, 9.17) is 0 Å². The zero-order chi connectivity index (χ0) is 12.4. The normalized spacial score (nSPS) is 10.3. The van der Waals surface area contributed by atoms with E-state index < -0.39 is 5.82 Å². The molecule has 0 aliphatic rings. The quantitative estimate of drug-likeness (QED) is 0.793. The Labute approximate surface area is 107 Å². The number of nitrogens with zero attached hydrogens (tertiary/aromatic N) is 1. The Morgan fingerprint density at radius 1 is 1.29 bits per heavy atom. The number of aryl methyl sites for hydroxylation is 1. The van der Waals surface area contributed by atoms with Crippen molar-refractivity contribution in [3.63, 3.8) is 0 Å². The number of rotatable bonds is 2. The van der Waals surface area contributed by atoms with Crippen molar-refractivity contribution in [2.75, 3.05) is 0 Å². The van der Waals surface area contributed by atoms with Crippen LogP contribution >= 0.6 is 15.9 Å². The van der Waals surface area contributed by atoms with Gasteiger partial charge in [-0.15, -0.1) is 0 Å². The highest BCUT2D eigenvalue weighted by atomic mass is 79.9. The predicted molar refractivity (Wildman–Crippen MR) is 66.5 cm³/mol. The molecule has 2 nitrogen and oxygen atoms in total. The lowest BCUT2D eigenvalue weighted by molar-refractivity contribution is 0.103. The van der Waals surface area contributed by atoms with E-state index in [1.54, 1.807) is 12.1 Å². The van der Waals surface area contributed by atoms with Gasteiger partial charge in [0, 0.05) is 27.5 Å². The Morgan fingerprint density at radius 3 is 2.71 bits per heavy atom. The molecule has 4 heteroatoms. The summed E-state index contributed by atoms with van der Waals surface area (Å²) in [6, 6.07) is 7.47. The molecule has 0 unspecified atom stereocenters. The van der Waals surface area contributed by atoms with E-state index in [1.165, 1.54) is 24.4 Å². The molecule has 0 spiro atoms. The van der Waals surface area contributed by atoms with Gasteiger partial charge in [0.25, 0.3) is 0 Å². The fourth-order valence-electron chi connectivity index (χ4n) is 1.43. The number of benzene rings is 1. The fraction of sp³-hybridized carbons (Fsp3) is 0.0769. The number of hydrogen-bond donors (Lipinski definition) is 0. The maximum atomic E-state index is 13.1. The molecule has 0 radical (unpaired) electrons. The summed E-state index contributed by atoms with van der Waals surface area (Å²) >= 11 is 3.23. The van der Waals surface area contributed by atoms with Crippen LogP contribution in [0.1, 0.15) is 21.6 Å². The number of pyridine rings is 1. The van der Waals surface area contributed by atoms with Gasteiger partial charge >= 0.3 is 0 Å². The third kappa shape index (κ3) is 2.58. The maximum absolute atomic E-state index is 13.1. The van der Waals surface area contributed by atoms with Crippen LogP contribution in [0.5, 0.6) is 0 Å². The molecule has 2 rings (SSSR count). The molecule has 0 aliphatic heterocycles. The molecular formula is C13H9BrFNO. The van der Waals surface area contributed by atoms with Crippen LogP contribution in [0.25, 0.3) is 0 Å². The zero-order valence-corrected chi connectivity index (χ0v) is 10.7. The minimum absolute atomic E-state index is 0.246. The summed E-state index contributed by atoms with van der Waals surface area (Å²) < 4.78 is 13.7. The molecule has 1 heterocycles. The summed E-state index contributed by atoms with van der Waals surface area (Å²) in [6.07, 6.45) is 1.50. The molecule has 17 heavy (non-hydrogen) atoms. The van der Waals surface area contributed by atoms with E-state index >= 15 is 0 Å². The van der Waals surface area contributed by atoms with Crippen LogP contribution < -0.4 is 0 Å². The molecular weight excluding hydrogens is 285 g/mol. The van der Waals surface area contributed by atoms with E-state index in [-0.39, 0.29) is 5.78 Å². The highest BCUT2D eigenvalue weighted by molar-refractivity contribution is 9.10. The molecule has 2 aromatic rings. The zero-order valence-electron chi connectivity index (χ0n) is 9.08. The molecule has 0 atom stereocenters. The van der Waals surface area contributed by atoms with E-state index in [0.29, 0.717) is 15.6 Å². The SMILES string of the molecule is Cc1ccc(C(=O)c2cc(F)ccc2Br)cn1. The van der Waals surface area contributed by atoms with Crippen molar-refractivity contribution in [1.82, 2.24) is 4.98 Å². The first kappa shape index (κ1) is 11.9. The van der Waals surface area contributed by atoms with Crippen molar-refractivity contribution in [3.8, 4) is 0 Å². The summed E-state index contributed by atoms with van der Waals surface area (Å²) in [7, 11) is 0. The summed E-state index contributed by atoms with van der Waals surface area (Å²) in [4.78, 5) is 16.1. The van der Waals surface area contributed by atoms with E-state index in [0.717, 1.165) is 5.69 Å². The topological polar surface area (TPSA) is 30.0 Å². The monoisotopic (exact) mass is 293 g/mol. The van der Waals surface area contributed by atoms with Crippen molar-refractivity contribution in [2.45, 2.75) is 6.92 Å². The van der Waals surface area contributed by atoms with Gasteiger partial charge in [-0.2, -0.15) is 0 Å². The van der Waals surface area contributed by atoms with Crippen LogP contribution in [0, 0.1) is 12.7 Å². The summed E-state index contributed by atoms with van der Waals surface area (Å²) in [6.45, 7) is 1.84. The van der Waals surface area contributed by atoms with E-state index in [2.05, 4.69) is 20.9 Å². The molecule has 0 amide bonds. The number of carbonyl (C=O) groups is 1. The highest BCUT2D eigenvalue weighted by Crippen LogP contribution is 2.21. The average Bonchev–Trinajstić information content (AvgIpc) is 2.32. The van der Waals surface area contributed by atoms with Gasteiger partial charge in [0.05, 0.1) is 0 Å². The fourth-order valence-corrected chi connectivity index (χ4v) is 1.86. The molecule has 0 saturated carbocycles. The van der Waals surface area contributed by atoms with Crippen LogP contribution in [-0.4, -0.2) is 10.8 Å². The number of hydrogen-bond acceptors (Lipinski definition) is 2. The lowest BCUT2D eigenvalue weighted by Gasteiger charge is -2.04. The standard InChI is InChI=1S/C13H9BrFNO/c1-8-2-3-9(7-16-8)13(17)11-6-10(15)4-5-12(11)14/h2-7H,1H3. The van der Waals surface area contributed by atoms with Crippen molar-refractivity contribution >= 4 is 21.7 Å². The molecule has 0 N–H and O–H groups in total. The van der Waals surface area contributed by atoms with Crippen molar-refractivity contribution in [2.24, 2.45) is 0 Å². The summed E-state index contributed by atoms with van der Waals surface area (Å²) in [5.41, 5.74) is 1.58. The minimum atomic E-state index is -0.434. The molecule has 1 aromatic carbocycles. The second-order valence-corrected chi connectivity index (χ2v) is 4.50. The van der Waals surface area contributed by atoms with Crippen molar-refractivity contribution < 1.29 is 9.18 Å². The van der Waals surface area contributed by atoms with Crippen LogP contribution in [0.15, 0.2) is 41.0 Å². The van der Waals surface area contributed by atoms with Crippen LogP contribution in [0.3, 0.4) is 0 Å². The Balaban J connectivity index is 2.43. The number of ketones is 1. The maximum Gasteiger partial charge on any atom is 0.195 e. The minimum Gasteiger partial charge on any atom is -0.289 e. The molecule has 0 fully saturated rings. The van der Waals surface area contributed by atoms with Crippen molar-refractivity contribution in [1.29, 1.82) is 0 Å². The summed E-state index contributed by atoms with van der Waals surface area (Å²) in [5, 5.41) is 0. The van der Waals surface area contributed by atoms with Gasteiger partial charge < -0.3 is 0 Å². The number of aromatic nitrogens is 1. The lowest BCUT2D eigenvalue weighted by Crippen LogP contribution is -2.03. The van der Waals surface area contributed by atoms with Crippen LogP contribution in [-0.2, 0) is 0 Å². The first-order valence-corrected chi connectivity index (χ1v) is 5.79. The molecule has 1 aromatic heterocycles. The molecule has 86 valence electrons. The number of carbonyl (C=O) groups excluding carboxylic acids is 1. The third-order valence-electron chi connectivity index (χ3n) is 2.35. The van der Waals surface area contributed by atoms with E-state index in [9.17, 15) is 9.18 Å². The third-order valence-corrected chi connectivity index (χ3v) is 3.04. The van der Waals surface area contributed by atoms with Gasteiger partial charge in [0.1, 0.15) is 5.82 Å². The summed E-state index contributed by atoms with van der Waals surface area (Å²) in [5.74, 6) is -0.680. The Morgan fingerprint density at radius 2 is 2.06 bits per heavy atom. The second kappa shape index (κ2) is 4.75. The molecule has 0 saturated heterocycles. The van der Waals surface area contributed by atoms with E-state index in [1.807, 2.05) is 6.92 Å². The van der Waals surface area contributed by atoms with Gasteiger partial charge in [-0.05, 0) is 37.3 Å². The van der Waals surface area contributed by atoms with Crippen molar-refractivity contribution in [3.05, 3.63) is 63.6 Å².